The molecule has 1 fully saturated rings. The van der Waals surface area contributed by atoms with Crippen molar-refractivity contribution in [3.63, 3.8) is 0 Å². The molecule has 0 radical (unpaired) electrons. The molecule has 0 aliphatic carbocycles. The molecule has 3 rings (SSSR count). The minimum Gasteiger partial charge on any atom is -0.465 e. The van der Waals surface area contributed by atoms with Gasteiger partial charge in [-0.25, -0.2) is 17.9 Å². The number of likely N-dealkylation sites (tertiary alicyclic amines) is 1. The third-order valence-electron chi connectivity index (χ3n) is 5.21. The van der Waals surface area contributed by atoms with E-state index in [4.69, 9.17) is 5.11 Å². The summed E-state index contributed by atoms with van der Waals surface area (Å²) in [5.74, 6) is -0.407. The van der Waals surface area contributed by atoms with Gasteiger partial charge in [-0.1, -0.05) is 24.3 Å². The molecule has 33 heavy (non-hydrogen) atoms. The van der Waals surface area contributed by atoms with Crippen molar-refractivity contribution in [2.45, 2.75) is 36.9 Å². The fraction of sp³-hybridized carbons (Fsp3) is 0.333. The van der Waals surface area contributed by atoms with Crippen LogP contribution in [0.15, 0.2) is 47.4 Å². The van der Waals surface area contributed by atoms with Crippen LogP contribution in [-0.4, -0.2) is 49.6 Å². The highest BCUT2D eigenvalue weighted by molar-refractivity contribution is 7.89. The van der Waals surface area contributed by atoms with Gasteiger partial charge in [0.1, 0.15) is 0 Å². The average Bonchev–Trinajstić information content (AvgIpc) is 2.73. The fourth-order valence-corrected chi connectivity index (χ4v) is 5.17. The minimum atomic E-state index is -4.96. The molecule has 1 aliphatic heterocycles. The molecule has 178 valence electrons. The lowest BCUT2D eigenvalue weighted by atomic mass is 10.0. The van der Waals surface area contributed by atoms with E-state index in [1.54, 1.807) is 12.1 Å². The molecule has 0 bridgehead atoms. The van der Waals surface area contributed by atoms with Crippen LogP contribution in [0.2, 0.25) is 0 Å². The summed E-state index contributed by atoms with van der Waals surface area (Å²) in [6, 6.07) is 8.42. The van der Waals surface area contributed by atoms with Crippen LogP contribution < -0.4 is 10.0 Å². The zero-order valence-electron chi connectivity index (χ0n) is 17.5. The Morgan fingerprint density at radius 2 is 1.73 bits per heavy atom. The Bertz CT molecular complexity index is 1160. The standard InChI is InChI=1S/C21H22F3N3O5S/c1-13(28)25-18-5-3-2-4-16(18)14-6-7-19(17(12-14)21(22,23)24)33(31,32)26-15-8-10-27(11-9-15)20(29)30/h2-7,12,15,26H,8-11H2,1H3,(H,25,28)(H,29,30). The predicted molar refractivity (Wildman–Crippen MR) is 114 cm³/mol. The van der Waals surface area contributed by atoms with Gasteiger partial charge in [0.15, 0.2) is 0 Å². The Morgan fingerprint density at radius 3 is 2.30 bits per heavy atom. The first-order chi connectivity index (χ1) is 15.4. The number of piperidine rings is 1. The van der Waals surface area contributed by atoms with Crippen molar-refractivity contribution in [3.8, 4) is 11.1 Å². The van der Waals surface area contributed by atoms with Gasteiger partial charge in [0.25, 0.3) is 0 Å². The normalized spacial score (nSPS) is 15.3. The molecule has 0 spiro atoms. The first-order valence-electron chi connectivity index (χ1n) is 9.97. The maximum Gasteiger partial charge on any atom is 0.417 e. The number of hydrogen-bond donors (Lipinski definition) is 3. The van der Waals surface area contributed by atoms with Crippen molar-refractivity contribution in [1.29, 1.82) is 0 Å². The largest absolute Gasteiger partial charge is 0.465 e. The highest BCUT2D eigenvalue weighted by Gasteiger charge is 2.38. The number of hydrogen-bond acceptors (Lipinski definition) is 4. The Hall–Kier alpha value is -3.12. The summed E-state index contributed by atoms with van der Waals surface area (Å²) in [6.45, 7) is 1.42. The molecule has 0 aromatic heterocycles. The van der Waals surface area contributed by atoms with Crippen LogP contribution in [0.25, 0.3) is 11.1 Å². The molecule has 0 unspecified atom stereocenters. The molecule has 2 aromatic carbocycles. The SMILES string of the molecule is CC(=O)Nc1ccccc1-c1ccc(S(=O)(=O)NC2CCN(C(=O)O)CC2)c(C(F)(F)F)c1. The van der Waals surface area contributed by atoms with Gasteiger partial charge in [0, 0.05) is 37.3 Å². The monoisotopic (exact) mass is 485 g/mol. The zero-order chi connectivity index (χ0) is 24.4. The number of nitrogens with zero attached hydrogens (tertiary/aromatic N) is 1. The third-order valence-corrected chi connectivity index (χ3v) is 6.79. The molecule has 0 saturated carbocycles. The van der Waals surface area contributed by atoms with Crippen LogP contribution in [0.1, 0.15) is 25.3 Å². The fourth-order valence-electron chi connectivity index (χ4n) is 3.66. The van der Waals surface area contributed by atoms with Crippen molar-refractivity contribution >= 4 is 27.7 Å². The third kappa shape index (κ3) is 5.82. The number of nitrogens with one attached hydrogen (secondary N) is 2. The van der Waals surface area contributed by atoms with Crippen molar-refractivity contribution < 1.29 is 36.3 Å². The quantitative estimate of drug-likeness (QED) is 0.597. The summed E-state index contributed by atoms with van der Waals surface area (Å²) in [4.78, 5) is 22.6. The van der Waals surface area contributed by atoms with E-state index in [0.29, 0.717) is 5.56 Å². The van der Waals surface area contributed by atoms with E-state index in [1.165, 1.54) is 25.1 Å². The molecule has 1 heterocycles. The molecule has 3 N–H and O–H groups in total. The van der Waals surface area contributed by atoms with Gasteiger partial charge in [-0.15, -0.1) is 0 Å². The smallest absolute Gasteiger partial charge is 0.417 e. The van der Waals surface area contributed by atoms with Gasteiger partial charge in [-0.3, -0.25) is 4.79 Å². The maximum atomic E-state index is 13.9. The summed E-state index contributed by atoms with van der Waals surface area (Å²) < 4.78 is 69.6. The number of benzene rings is 2. The lowest BCUT2D eigenvalue weighted by molar-refractivity contribution is -0.139. The zero-order valence-corrected chi connectivity index (χ0v) is 18.3. The van der Waals surface area contributed by atoms with E-state index < -0.39 is 44.7 Å². The Kier molecular flexibility index (Phi) is 6.98. The first kappa shape index (κ1) is 24.5. The summed E-state index contributed by atoms with van der Waals surface area (Å²) in [7, 11) is -4.55. The lowest BCUT2D eigenvalue weighted by Crippen LogP contribution is -2.46. The summed E-state index contributed by atoms with van der Waals surface area (Å²) in [5, 5.41) is 11.5. The first-order valence-corrected chi connectivity index (χ1v) is 11.5. The number of carboxylic acid groups (broad SMARTS) is 1. The molecule has 2 aromatic rings. The molecule has 1 saturated heterocycles. The topological polar surface area (TPSA) is 116 Å². The van der Waals surface area contributed by atoms with Gasteiger partial charge in [-0.2, -0.15) is 13.2 Å². The maximum absolute atomic E-state index is 13.9. The second-order valence-electron chi connectivity index (χ2n) is 7.60. The van der Waals surface area contributed by atoms with Crippen LogP contribution >= 0.6 is 0 Å². The van der Waals surface area contributed by atoms with Crippen molar-refractivity contribution in [3.05, 3.63) is 48.0 Å². The van der Waals surface area contributed by atoms with Gasteiger partial charge < -0.3 is 15.3 Å². The highest BCUT2D eigenvalue weighted by atomic mass is 32.2. The number of alkyl halides is 3. The van der Waals surface area contributed by atoms with Crippen LogP contribution in [0.5, 0.6) is 0 Å². The number of halogens is 3. The number of sulfonamides is 1. The second-order valence-corrected chi connectivity index (χ2v) is 9.28. The predicted octanol–water partition coefficient (Wildman–Crippen LogP) is 3.75. The number of carbonyl (C=O) groups excluding carboxylic acids is 1. The van der Waals surface area contributed by atoms with E-state index in [1.807, 2.05) is 0 Å². The lowest BCUT2D eigenvalue weighted by Gasteiger charge is -2.30. The Morgan fingerprint density at radius 1 is 1.09 bits per heavy atom. The number of rotatable bonds is 5. The molecular weight excluding hydrogens is 463 g/mol. The molecule has 0 atom stereocenters. The molecule has 1 aliphatic rings. The Labute approximate surface area is 188 Å². The van der Waals surface area contributed by atoms with Gasteiger partial charge in [0.2, 0.25) is 15.9 Å². The van der Waals surface area contributed by atoms with Crippen molar-refractivity contribution in [1.82, 2.24) is 9.62 Å². The molecule has 8 nitrogen and oxygen atoms in total. The van der Waals surface area contributed by atoms with Crippen LogP contribution in [0.4, 0.5) is 23.7 Å². The summed E-state index contributed by atoms with van der Waals surface area (Å²) in [6.07, 6.45) is -5.80. The van der Waals surface area contributed by atoms with E-state index >= 15 is 0 Å². The molecular formula is C21H22F3N3O5S. The Balaban J connectivity index is 1.95. The second kappa shape index (κ2) is 9.40. The minimum absolute atomic E-state index is 0.0769. The highest BCUT2D eigenvalue weighted by Crippen LogP contribution is 2.38. The number of anilines is 1. The number of carbonyl (C=O) groups is 2. The summed E-state index contributed by atoms with van der Waals surface area (Å²) in [5.41, 5.74) is -0.665. The van der Waals surface area contributed by atoms with Crippen LogP contribution in [0.3, 0.4) is 0 Å². The van der Waals surface area contributed by atoms with E-state index in [9.17, 15) is 31.2 Å². The van der Waals surface area contributed by atoms with Gasteiger partial charge in [0.05, 0.1) is 10.5 Å². The van der Waals surface area contributed by atoms with Crippen molar-refractivity contribution in [2.75, 3.05) is 18.4 Å². The van der Waals surface area contributed by atoms with Crippen molar-refractivity contribution in [2.24, 2.45) is 0 Å². The molecule has 2 amide bonds. The number of amides is 2. The van der Waals surface area contributed by atoms with Gasteiger partial charge >= 0.3 is 12.3 Å². The van der Waals surface area contributed by atoms with E-state index in [0.717, 1.165) is 17.0 Å². The van der Waals surface area contributed by atoms with E-state index in [-0.39, 0.29) is 37.2 Å². The molecule has 12 heteroatoms. The van der Waals surface area contributed by atoms with E-state index in [2.05, 4.69) is 10.0 Å². The average molecular weight is 485 g/mol. The van der Waals surface area contributed by atoms with Crippen LogP contribution in [0, 0.1) is 0 Å². The van der Waals surface area contributed by atoms with Crippen LogP contribution in [-0.2, 0) is 21.0 Å². The summed E-state index contributed by atoms with van der Waals surface area (Å²) >= 11 is 0. The van der Waals surface area contributed by atoms with Gasteiger partial charge in [-0.05, 0) is 36.6 Å². The number of para-hydroxylation sites is 1.